The summed E-state index contributed by atoms with van der Waals surface area (Å²) in [5, 5.41) is 2.09. The largest absolute Gasteiger partial charge is 0.469 e. The molecule has 1 aromatic carbocycles. The summed E-state index contributed by atoms with van der Waals surface area (Å²) in [6.45, 7) is 13.6. The van der Waals surface area contributed by atoms with Crippen molar-refractivity contribution in [3.05, 3.63) is 58.5 Å². The van der Waals surface area contributed by atoms with Crippen LogP contribution in [0.5, 0.6) is 0 Å². The van der Waals surface area contributed by atoms with Crippen LogP contribution in [0, 0.1) is 17.8 Å². The van der Waals surface area contributed by atoms with Gasteiger partial charge < -0.3 is 9.16 Å². The molecule has 0 spiro atoms. The highest BCUT2D eigenvalue weighted by Gasteiger charge is 2.40. The number of unbranched alkanes of at least 4 members (excludes halogenated alkanes) is 1. The van der Waals surface area contributed by atoms with E-state index in [1.807, 2.05) is 6.07 Å². The zero-order valence-corrected chi connectivity index (χ0v) is 27.9. The third-order valence-electron chi connectivity index (χ3n) is 8.65. The molecular formula is C33H47ClO4SSi. The Balaban J connectivity index is 1.73. The van der Waals surface area contributed by atoms with Gasteiger partial charge in [0.15, 0.2) is 8.32 Å². The first-order chi connectivity index (χ1) is 18.8. The number of benzene rings is 1. The van der Waals surface area contributed by atoms with Crippen LogP contribution < -0.4 is 0 Å². The molecule has 4 atom stereocenters. The maximum Gasteiger partial charge on any atom is 0.305 e. The highest BCUT2D eigenvalue weighted by atomic mass is 35.5. The third-order valence-corrected chi connectivity index (χ3v) is 14.9. The Hall–Kier alpha value is -1.73. The SMILES string of the molecule is COC(=O)CCCC=CC[C@H]1C(=O)C[C@@H](C)[C@@H]1C=CC(CCc1sc2ccccc2c1Cl)O[Si](C)(C)C(C)(C)C. The van der Waals surface area contributed by atoms with E-state index < -0.39 is 8.32 Å². The number of ketones is 1. The van der Waals surface area contributed by atoms with Crippen LogP contribution in [0.15, 0.2) is 48.6 Å². The molecule has 0 amide bonds. The van der Waals surface area contributed by atoms with Crippen LogP contribution in [0.3, 0.4) is 0 Å². The average Bonchev–Trinajstić information content (AvgIpc) is 3.36. The molecule has 0 saturated heterocycles. The molecule has 1 saturated carbocycles. The van der Waals surface area contributed by atoms with Crippen molar-refractivity contribution >= 4 is 53.1 Å². The van der Waals surface area contributed by atoms with E-state index in [9.17, 15) is 9.59 Å². The number of hydrogen-bond donors (Lipinski definition) is 0. The second-order valence-electron chi connectivity index (χ2n) is 12.7. The molecule has 0 N–H and O–H groups in total. The maximum absolute atomic E-state index is 12.9. The lowest BCUT2D eigenvalue weighted by Gasteiger charge is -2.38. The number of carbonyl (C=O) groups is 2. The minimum absolute atomic E-state index is 0.00586. The number of Topliss-reactive ketones (excluding diaryl/α,β-unsaturated/α-hetero) is 1. The molecule has 7 heteroatoms. The fourth-order valence-electron chi connectivity index (χ4n) is 5.16. The number of aryl methyl sites for hydroxylation is 1. The van der Waals surface area contributed by atoms with Crippen molar-refractivity contribution in [2.45, 2.75) is 96.9 Å². The van der Waals surface area contributed by atoms with Crippen molar-refractivity contribution in [3.8, 4) is 0 Å². The molecule has 1 fully saturated rings. The lowest BCUT2D eigenvalue weighted by atomic mass is 9.87. The predicted octanol–water partition coefficient (Wildman–Crippen LogP) is 9.56. The molecule has 0 bridgehead atoms. The monoisotopic (exact) mass is 602 g/mol. The van der Waals surface area contributed by atoms with Crippen molar-refractivity contribution in [2.75, 3.05) is 7.11 Å². The van der Waals surface area contributed by atoms with E-state index in [4.69, 9.17) is 20.8 Å². The van der Waals surface area contributed by atoms with Crippen molar-refractivity contribution in [1.82, 2.24) is 0 Å². The third kappa shape index (κ3) is 8.64. The van der Waals surface area contributed by atoms with Crippen molar-refractivity contribution in [3.63, 3.8) is 0 Å². The van der Waals surface area contributed by atoms with E-state index in [-0.39, 0.29) is 28.9 Å². The summed E-state index contributed by atoms with van der Waals surface area (Å²) >= 11 is 8.55. The van der Waals surface area contributed by atoms with Crippen LogP contribution in [0.2, 0.25) is 23.2 Å². The number of ether oxygens (including phenoxy) is 1. The van der Waals surface area contributed by atoms with Gasteiger partial charge in [-0.05, 0) is 68.1 Å². The Kier molecular flexibility index (Phi) is 11.8. The molecule has 0 radical (unpaired) electrons. The van der Waals surface area contributed by atoms with Gasteiger partial charge in [-0.15, -0.1) is 11.3 Å². The van der Waals surface area contributed by atoms with Crippen LogP contribution in [0.25, 0.3) is 10.1 Å². The van der Waals surface area contributed by atoms with Crippen LogP contribution in [0.1, 0.15) is 71.1 Å². The van der Waals surface area contributed by atoms with Crippen LogP contribution in [-0.2, 0) is 25.2 Å². The van der Waals surface area contributed by atoms with E-state index in [0.29, 0.717) is 24.5 Å². The summed E-state index contributed by atoms with van der Waals surface area (Å²) in [6.07, 6.45) is 13.8. The van der Waals surface area contributed by atoms with Gasteiger partial charge in [0.2, 0.25) is 0 Å². The number of methoxy groups -OCH3 is 1. The molecular weight excluding hydrogens is 556 g/mol. The number of hydrogen-bond acceptors (Lipinski definition) is 5. The van der Waals surface area contributed by atoms with Crippen LogP contribution in [-0.4, -0.2) is 33.3 Å². The minimum Gasteiger partial charge on any atom is -0.469 e. The molecule has 2 aromatic rings. The molecule has 1 heterocycles. The summed E-state index contributed by atoms with van der Waals surface area (Å²) in [7, 11) is -0.596. The first-order valence-corrected chi connectivity index (χ1v) is 18.7. The van der Waals surface area contributed by atoms with Gasteiger partial charge >= 0.3 is 5.97 Å². The fraction of sp³-hybridized carbons (Fsp3) is 0.576. The van der Waals surface area contributed by atoms with E-state index >= 15 is 0 Å². The standard InChI is InChI=1S/C33H47ClO4SSi/c1-23-22-28(35)26(14-10-8-9-11-17-31(36)37-5)25(23)20-18-24(38-40(6,7)33(2,3)4)19-21-30-32(34)27-15-12-13-16-29(27)39-30/h8,10,12-13,15-16,18,20,23-26H,9,11,14,17,19,21-22H2,1-7H3/t23-,24?,25+,26-/m1/s1. The molecule has 1 aliphatic rings. The summed E-state index contributed by atoms with van der Waals surface area (Å²) in [4.78, 5) is 25.4. The number of fused-ring (bicyclic) bond motifs is 1. The van der Waals surface area contributed by atoms with E-state index in [0.717, 1.165) is 42.5 Å². The van der Waals surface area contributed by atoms with Gasteiger partial charge in [-0.2, -0.15) is 0 Å². The van der Waals surface area contributed by atoms with E-state index in [1.54, 1.807) is 11.3 Å². The minimum atomic E-state index is -2.01. The molecule has 3 rings (SSSR count). The topological polar surface area (TPSA) is 52.6 Å². The highest BCUT2D eigenvalue weighted by molar-refractivity contribution is 7.19. The fourth-order valence-corrected chi connectivity index (χ4v) is 8.01. The molecule has 1 aromatic heterocycles. The van der Waals surface area contributed by atoms with Gasteiger partial charge in [0.1, 0.15) is 5.78 Å². The number of carbonyl (C=O) groups excluding carboxylic acids is 2. The van der Waals surface area contributed by atoms with Gasteiger partial charge in [0, 0.05) is 33.7 Å². The van der Waals surface area contributed by atoms with Gasteiger partial charge in [-0.25, -0.2) is 0 Å². The second kappa shape index (κ2) is 14.4. The van der Waals surface area contributed by atoms with Gasteiger partial charge in [0.25, 0.3) is 0 Å². The predicted molar refractivity (Wildman–Crippen MR) is 172 cm³/mol. The quantitative estimate of drug-likeness (QED) is 0.0991. The molecule has 220 valence electrons. The van der Waals surface area contributed by atoms with E-state index in [2.05, 4.69) is 83.3 Å². The molecule has 1 unspecified atom stereocenters. The maximum atomic E-state index is 12.9. The second-order valence-corrected chi connectivity index (χ2v) is 19.0. The Morgan fingerprint density at radius 1 is 1.23 bits per heavy atom. The normalized spacial score (nSPS) is 21.2. The van der Waals surface area contributed by atoms with Crippen LogP contribution in [0.4, 0.5) is 0 Å². The lowest BCUT2D eigenvalue weighted by Crippen LogP contribution is -2.43. The average molecular weight is 603 g/mol. The number of rotatable bonds is 13. The first kappa shape index (κ1) is 32.8. The molecule has 1 aliphatic carbocycles. The zero-order valence-electron chi connectivity index (χ0n) is 25.3. The highest BCUT2D eigenvalue weighted by Crippen LogP contribution is 2.41. The molecule has 4 nitrogen and oxygen atoms in total. The zero-order chi connectivity index (χ0) is 29.5. The Morgan fingerprint density at radius 2 is 1.95 bits per heavy atom. The summed E-state index contributed by atoms with van der Waals surface area (Å²) in [5.74, 6) is 0.675. The molecule has 0 aliphatic heterocycles. The Bertz CT molecular complexity index is 1210. The Morgan fingerprint density at radius 3 is 2.62 bits per heavy atom. The van der Waals surface area contributed by atoms with Crippen molar-refractivity contribution < 1.29 is 18.8 Å². The molecule has 40 heavy (non-hydrogen) atoms. The van der Waals surface area contributed by atoms with Gasteiger partial charge in [-0.3, -0.25) is 9.59 Å². The number of allylic oxidation sites excluding steroid dienone is 3. The van der Waals surface area contributed by atoms with Gasteiger partial charge in [-0.1, -0.05) is 81.8 Å². The summed E-state index contributed by atoms with van der Waals surface area (Å²) < 4.78 is 12.9. The first-order valence-electron chi connectivity index (χ1n) is 14.6. The van der Waals surface area contributed by atoms with Crippen molar-refractivity contribution in [2.24, 2.45) is 17.8 Å². The van der Waals surface area contributed by atoms with E-state index in [1.165, 1.54) is 16.7 Å². The summed E-state index contributed by atoms with van der Waals surface area (Å²) in [6, 6.07) is 8.32. The van der Waals surface area contributed by atoms with Crippen molar-refractivity contribution in [1.29, 1.82) is 0 Å². The number of halogens is 1. The summed E-state index contributed by atoms with van der Waals surface area (Å²) in [5.41, 5.74) is 0. The number of thiophene rings is 1. The lowest BCUT2D eigenvalue weighted by molar-refractivity contribution is -0.140. The van der Waals surface area contributed by atoms with Gasteiger partial charge in [0.05, 0.1) is 18.2 Å². The van der Waals surface area contributed by atoms with Crippen LogP contribution >= 0.6 is 22.9 Å². The number of esters is 1. The smallest absolute Gasteiger partial charge is 0.305 e. The Labute approximate surface area is 251 Å².